The van der Waals surface area contributed by atoms with Gasteiger partial charge in [0.05, 0.1) is 5.39 Å². The monoisotopic (exact) mass is 1030 g/mol. The summed E-state index contributed by atoms with van der Waals surface area (Å²) in [6, 6.07) is 46.7. The average Bonchev–Trinajstić information content (AvgIpc) is 3.70. The Labute approximate surface area is 366 Å². The van der Waals surface area contributed by atoms with Crippen molar-refractivity contribution in [2.24, 2.45) is 0 Å². The van der Waals surface area contributed by atoms with Crippen LogP contribution in [-0.2, 0) is 10.1 Å². The van der Waals surface area contributed by atoms with Gasteiger partial charge in [-0.3, -0.25) is 4.79 Å². The molecule has 16 heteroatoms. The van der Waals surface area contributed by atoms with Crippen molar-refractivity contribution >= 4 is 126 Å². The summed E-state index contributed by atoms with van der Waals surface area (Å²) in [7, 11) is -5.62. The number of hydrogen-bond donors (Lipinski definition) is 1. The summed E-state index contributed by atoms with van der Waals surface area (Å²) in [5, 5.41) is 16.7. The molecule has 0 unspecified atom stereocenters. The van der Waals surface area contributed by atoms with Crippen molar-refractivity contribution in [1.29, 1.82) is 0 Å². The maximum atomic E-state index is 12.1. The molecule has 9 rings (SSSR count). The predicted molar refractivity (Wildman–Crippen MR) is 242 cm³/mol. The van der Waals surface area contributed by atoms with Crippen molar-refractivity contribution in [2.45, 2.75) is 5.51 Å². The number of nitrogens with one attached hydrogen (secondary N) is 1. The lowest BCUT2D eigenvalue weighted by Gasteiger charge is -2.09. The van der Waals surface area contributed by atoms with Gasteiger partial charge in [-0.25, -0.2) is 10.1 Å². The van der Waals surface area contributed by atoms with Crippen LogP contribution in [0.25, 0.3) is 43.1 Å². The molecule has 0 aliphatic carbocycles. The number of rotatable bonds is 2. The average molecular weight is 1040 g/mol. The van der Waals surface area contributed by atoms with Crippen LogP contribution in [0.1, 0.15) is 0 Å². The summed E-state index contributed by atoms with van der Waals surface area (Å²) in [5.41, 5.74) is -5.64. The second kappa shape index (κ2) is 20.9. The molecule has 7 nitrogen and oxygen atoms in total. The number of aromatic amines is 1. The molecule has 296 valence electrons. The smallest absolute Gasteiger partial charge is 0.376 e. The molecule has 0 amide bonds. The third-order valence-corrected chi connectivity index (χ3v) is 11.2. The summed E-state index contributed by atoms with van der Waals surface area (Å²) >= 11 is 18.7. The number of nitrogens with zero attached hydrogens (tertiary/aromatic N) is 2. The Bertz CT molecular complexity index is 2860. The lowest BCUT2D eigenvalue weighted by Crippen LogP contribution is -2.28. The third kappa shape index (κ3) is 13.0. The maximum absolute atomic E-state index is 12.1. The van der Waals surface area contributed by atoms with E-state index < -0.39 is 15.6 Å². The molecule has 2 aromatic heterocycles. The van der Waals surface area contributed by atoms with E-state index in [1.807, 2.05) is 41.8 Å². The molecule has 0 aliphatic heterocycles. The zero-order chi connectivity index (χ0) is 41.7. The molecule has 7 aromatic carbocycles. The quantitative estimate of drug-likeness (QED) is 0.105. The summed E-state index contributed by atoms with van der Waals surface area (Å²) in [5.74, 6) is -0.369. The Morgan fingerprint density at radius 1 is 0.672 bits per heavy atom. The number of fused-ring (bicyclic) bond motifs is 4. The predicted octanol–water partition coefficient (Wildman–Crippen LogP) is 13.5. The first-order valence-corrected chi connectivity index (χ1v) is 21.6. The normalized spacial score (nSPS) is 10.9. The minimum Gasteiger partial charge on any atom is -0.376 e. The number of thiazole rings is 1. The van der Waals surface area contributed by atoms with E-state index in [0.717, 1.165) is 14.3 Å². The Morgan fingerprint density at radius 2 is 1.17 bits per heavy atom. The number of benzene rings is 7. The SMILES string of the molecule is Brc1nccs1.Clc1ccc2ccccc2c1.Ic1ccc2ccccc2c1.O=S(=O)(Oc1ccc2ccccc2c1)C(F)(F)F.O=c1[nH]nc(Cl)c2ccccc12. The molecule has 0 saturated carbocycles. The molecule has 0 radical (unpaired) electrons. The van der Waals surface area contributed by atoms with E-state index in [1.165, 1.54) is 43.3 Å². The molecule has 0 aliphatic rings. The van der Waals surface area contributed by atoms with Crippen LogP contribution in [0.4, 0.5) is 13.2 Å². The van der Waals surface area contributed by atoms with E-state index in [9.17, 15) is 26.4 Å². The molecule has 0 spiro atoms. The van der Waals surface area contributed by atoms with Gasteiger partial charge in [0.2, 0.25) is 0 Å². The fraction of sp³-hybridized carbons (Fsp3) is 0.0238. The molecule has 0 atom stereocenters. The molecule has 9 aromatic rings. The number of aromatic nitrogens is 3. The highest BCUT2D eigenvalue weighted by Crippen LogP contribution is 2.29. The summed E-state index contributed by atoms with van der Waals surface area (Å²) in [4.78, 5) is 15.0. The summed E-state index contributed by atoms with van der Waals surface area (Å²) in [6.07, 6.45) is 1.76. The topological polar surface area (TPSA) is 102 Å². The van der Waals surface area contributed by atoms with Crippen LogP contribution < -0.4 is 9.74 Å². The molecular weight excluding hydrogens is 1010 g/mol. The van der Waals surface area contributed by atoms with Crippen LogP contribution in [0, 0.1) is 3.57 Å². The molecule has 2 heterocycles. The van der Waals surface area contributed by atoms with Crippen molar-refractivity contribution in [3.05, 3.63) is 191 Å². The van der Waals surface area contributed by atoms with Crippen molar-refractivity contribution in [1.82, 2.24) is 15.2 Å². The van der Waals surface area contributed by atoms with Crippen LogP contribution in [0.15, 0.2) is 172 Å². The van der Waals surface area contributed by atoms with Gasteiger partial charge in [-0.05, 0) is 113 Å². The number of halogens is 7. The molecule has 0 bridgehead atoms. The lowest BCUT2D eigenvalue weighted by atomic mass is 10.1. The first-order chi connectivity index (χ1) is 27.7. The highest BCUT2D eigenvalue weighted by molar-refractivity contribution is 14.1. The summed E-state index contributed by atoms with van der Waals surface area (Å²) in [6.45, 7) is 0. The van der Waals surface area contributed by atoms with Crippen LogP contribution in [0.5, 0.6) is 5.75 Å². The highest BCUT2D eigenvalue weighted by atomic mass is 127. The Balaban J connectivity index is 0.000000143. The van der Waals surface area contributed by atoms with Crippen LogP contribution in [-0.4, -0.2) is 29.1 Å². The van der Waals surface area contributed by atoms with Gasteiger partial charge in [0.25, 0.3) is 5.56 Å². The van der Waals surface area contributed by atoms with Crippen LogP contribution >= 0.6 is 73.1 Å². The van der Waals surface area contributed by atoms with Crippen molar-refractivity contribution in [2.75, 3.05) is 0 Å². The lowest BCUT2D eigenvalue weighted by molar-refractivity contribution is -0.0500. The van der Waals surface area contributed by atoms with Gasteiger partial charge in [-0.1, -0.05) is 132 Å². The van der Waals surface area contributed by atoms with Crippen molar-refractivity contribution in [3.63, 3.8) is 0 Å². The van der Waals surface area contributed by atoms with Crippen molar-refractivity contribution in [3.8, 4) is 5.75 Å². The highest BCUT2D eigenvalue weighted by Gasteiger charge is 2.48. The van der Waals surface area contributed by atoms with E-state index in [2.05, 4.69) is 112 Å². The van der Waals surface area contributed by atoms with Crippen molar-refractivity contribution < 1.29 is 25.8 Å². The largest absolute Gasteiger partial charge is 0.534 e. The Hall–Kier alpha value is -4.58. The molecule has 0 fully saturated rings. The minimum atomic E-state index is -5.62. The third-order valence-electron chi connectivity index (χ3n) is 7.69. The number of H-pyrrole nitrogens is 1. The van der Waals surface area contributed by atoms with E-state index in [0.29, 0.717) is 21.3 Å². The van der Waals surface area contributed by atoms with Gasteiger partial charge in [0, 0.05) is 25.6 Å². The first kappa shape index (κ1) is 44.5. The molecular formula is C42H28BrCl2F3IN3O4S2. The minimum absolute atomic E-state index is 0.213. The number of hydrogen-bond acceptors (Lipinski definition) is 7. The maximum Gasteiger partial charge on any atom is 0.534 e. The second-order valence-electron chi connectivity index (χ2n) is 11.6. The fourth-order valence-corrected chi connectivity index (χ4v) is 7.15. The van der Waals surface area contributed by atoms with Gasteiger partial charge in [-0.2, -0.15) is 26.7 Å². The van der Waals surface area contributed by atoms with Crippen LogP contribution in [0.3, 0.4) is 0 Å². The van der Waals surface area contributed by atoms with Gasteiger partial charge >= 0.3 is 15.6 Å². The van der Waals surface area contributed by atoms with E-state index in [4.69, 9.17) is 23.2 Å². The Morgan fingerprint density at radius 3 is 1.69 bits per heavy atom. The number of alkyl halides is 3. The second-order valence-corrected chi connectivity index (χ2v) is 17.4. The van der Waals surface area contributed by atoms with Gasteiger partial charge in [0.1, 0.15) is 5.75 Å². The molecule has 0 saturated heterocycles. The van der Waals surface area contributed by atoms with Crippen LogP contribution in [0.2, 0.25) is 10.2 Å². The van der Waals surface area contributed by atoms with E-state index in [1.54, 1.807) is 60.0 Å². The zero-order valence-electron chi connectivity index (χ0n) is 29.6. The summed E-state index contributed by atoms with van der Waals surface area (Å²) < 4.78 is 64.2. The van der Waals surface area contributed by atoms with E-state index in [-0.39, 0.29) is 11.3 Å². The molecule has 1 N–H and O–H groups in total. The van der Waals surface area contributed by atoms with Gasteiger partial charge in [0.15, 0.2) is 9.07 Å². The zero-order valence-corrected chi connectivity index (χ0v) is 36.5. The standard InChI is InChI=1S/C11H7F3O3S.C10H7Cl.C10H7I.C8H5ClN2O.C3H2BrNS/c12-11(13,14)18(15,16)17-10-6-5-8-3-1-2-4-9(8)7-10;2*11-10-6-5-8-3-1-2-4-9(8)7-10;9-7-5-3-1-2-4-6(5)8(12)11-10-7;4-3-5-1-2-6-3/h1-7H;2*1-7H;1-4H,(H,11,12);1-2H. The van der Waals surface area contributed by atoms with Gasteiger partial charge in [-0.15, -0.1) is 11.3 Å². The molecule has 58 heavy (non-hydrogen) atoms. The van der Waals surface area contributed by atoms with Gasteiger partial charge < -0.3 is 4.18 Å². The first-order valence-electron chi connectivity index (χ1n) is 16.7. The fourth-order valence-electron chi connectivity index (χ4n) is 5.00. The van der Waals surface area contributed by atoms with E-state index >= 15 is 0 Å². The Kier molecular flexibility index (Phi) is 16.0.